The lowest BCUT2D eigenvalue weighted by atomic mass is 10.2. The van der Waals surface area contributed by atoms with Crippen molar-refractivity contribution in [3.63, 3.8) is 0 Å². The van der Waals surface area contributed by atoms with Crippen LogP contribution < -0.4 is 5.73 Å². The van der Waals surface area contributed by atoms with Gasteiger partial charge in [0.15, 0.2) is 4.47 Å². The molecule has 3 nitrogen and oxygen atoms in total. The number of thiazole rings is 1. The number of halogens is 1. The van der Waals surface area contributed by atoms with E-state index in [-0.39, 0.29) is 6.42 Å². The molecule has 0 unspecified atom stereocenters. The number of carbonyl (C=O) groups is 1. The van der Waals surface area contributed by atoms with E-state index >= 15 is 0 Å². The highest BCUT2D eigenvalue weighted by Crippen LogP contribution is 2.26. The van der Waals surface area contributed by atoms with Crippen LogP contribution in [0.4, 0.5) is 0 Å². The smallest absolute Gasteiger partial charge is 0.229 e. The Balaban J connectivity index is 2.30. The Morgan fingerprint density at radius 1 is 1.56 bits per heavy atom. The predicted molar refractivity (Wildman–Crippen MR) is 65.3 cm³/mol. The van der Waals surface area contributed by atoms with Crippen LogP contribution in [0.5, 0.6) is 0 Å². The third-order valence-electron chi connectivity index (χ3n) is 1.86. The molecule has 0 fully saturated rings. The molecule has 1 aromatic heterocycles. The van der Waals surface area contributed by atoms with E-state index < -0.39 is 5.91 Å². The van der Waals surface area contributed by atoms with Gasteiger partial charge in [-0.25, -0.2) is 4.98 Å². The molecular weight excluding hydrogens is 244 g/mol. The molecule has 0 saturated heterocycles. The number of nitrogens with two attached hydrogens (primary N) is 1. The van der Waals surface area contributed by atoms with Crippen molar-refractivity contribution >= 4 is 39.1 Å². The summed E-state index contributed by atoms with van der Waals surface area (Å²) in [6.07, 6.45) is 0.0709. The number of amides is 1. The Labute approximate surface area is 101 Å². The van der Waals surface area contributed by atoms with Gasteiger partial charge in [0.05, 0.1) is 16.6 Å². The fourth-order valence-corrected chi connectivity index (χ4v) is 2.28. The Hall–Kier alpha value is -1.57. The number of benzene rings is 1. The van der Waals surface area contributed by atoms with Crippen LogP contribution in [0.3, 0.4) is 0 Å². The van der Waals surface area contributed by atoms with E-state index in [1.165, 1.54) is 11.3 Å². The van der Waals surface area contributed by atoms with E-state index in [1.54, 1.807) is 0 Å². The largest absolute Gasteiger partial charge is 0.369 e. The van der Waals surface area contributed by atoms with E-state index in [0.717, 1.165) is 15.8 Å². The summed E-state index contributed by atoms with van der Waals surface area (Å²) in [5.74, 6) is 5.14. The van der Waals surface area contributed by atoms with Crippen LogP contribution in [0.15, 0.2) is 18.2 Å². The standard InChI is InChI=1S/C11H7ClN2OS/c12-11-14-8-5-4-7(6-9(8)16-11)2-1-3-10(13)15/h4-6H,3H2,(H2,13,15). The molecule has 0 aliphatic heterocycles. The summed E-state index contributed by atoms with van der Waals surface area (Å²) in [7, 11) is 0. The SMILES string of the molecule is NC(=O)CC#Cc1ccc2nc(Cl)sc2c1. The van der Waals surface area contributed by atoms with Crippen molar-refractivity contribution < 1.29 is 4.79 Å². The highest BCUT2D eigenvalue weighted by Gasteiger charge is 2.01. The van der Waals surface area contributed by atoms with Crippen LogP contribution in [-0.4, -0.2) is 10.9 Å². The van der Waals surface area contributed by atoms with Crippen LogP contribution in [-0.2, 0) is 4.79 Å². The molecule has 0 radical (unpaired) electrons. The van der Waals surface area contributed by atoms with Crippen LogP contribution in [0, 0.1) is 11.8 Å². The first kappa shape index (κ1) is 10.9. The fourth-order valence-electron chi connectivity index (χ4n) is 1.21. The number of hydrogen-bond donors (Lipinski definition) is 1. The predicted octanol–water partition coefficient (Wildman–Crippen LogP) is 2.18. The van der Waals surface area contributed by atoms with Gasteiger partial charge in [-0.1, -0.05) is 23.4 Å². The molecule has 1 amide bonds. The van der Waals surface area contributed by atoms with Crippen LogP contribution in [0.2, 0.25) is 4.47 Å². The third-order valence-corrected chi connectivity index (χ3v) is 2.98. The van der Waals surface area contributed by atoms with Gasteiger partial charge in [-0.3, -0.25) is 4.79 Å². The Morgan fingerprint density at radius 2 is 2.38 bits per heavy atom. The molecule has 0 atom stereocenters. The first-order valence-electron chi connectivity index (χ1n) is 4.48. The number of fused-ring (bicyclic) bond motifs is 1. The number of rotatable bonds is 1. The number of nitrogens with zero attached hydrogens (tertiary/aromatic N) is 1. The van der Waals surface area contributed by atoms with Crippen molar-refractivity contribution in [1.29, 1.82) is 0 Å². The zero-order valence-corrected chi connectivity index (χ0v) is 9.73. The van der Waals surface area contributed by atoms with Gasteiger partial charge < -0.3 is 5.73 Å². The second kappa shape index (κ2) is 4.52. The molecule has 0 saturated carbocycles. The topological polar surface area (TPSA) is 56.0 Å². The van der Waals surface area contributed by atoms with Crippen LogP contribution in [0.25, 0.3) is 10.2 Å². The average molecular weight is 251 g/mol. The fraction of sp³-hybridized carbons (Fsp3) is 0.0909. The maximum atomic E-state index is 10.5. The molecule has 1 heterocycles. The first-order chi connectivity index (χ1) is 7.65. The lowest BCUT2D eigenvalue weighted by Gasteiger charge is -1.89. The summed E-state index contributed by atoms with van der Waals surface area (Å²) in [6.45, 7) is 0. The molecule has 2 N–H and O–H groups in total. The zero-order valence-electron chi connectivity index (χ0n) is 8.16. The number of carbonyl (C=O) groups excluding carboxylic acids is 1. The third kappa shape index (κ3) is 2.51. The van der Waals surface area contributed by atoms with E-state index in [9.17, 15) is 4.79 Å². The minimum Gasteiger partial charge on any atom is -0.369 e. The molecule has 5 heteroatoms. The number of primary amides is 1. The van der Waals surface area contributed by atoms with Gasteiger partial charge in [0.25, 0.3) is 0 Å². The lowest BCUT2D eigenvalue weighted by molar-refractivity contribution is -0.117. The molecule has 2 rings (SSSR count). The highest BCUT2D eigenvalue weighted by atomic mass is 35.5. The normalized spacial score (nSPS) is 9.81. The summed E-state index contributed by atoms with van der Waals surface area (Å²) in [5, 5.41) is 0. The summed E-state index contributed by atoms with van der Waals surface area (Å²) in [4.78, 5) is 14.6. The van der Waals surface area contributed by atoms with E-state index in [1.807, 2.05) is 18.2 Å². The van der Waals surface area contributed by atoms with Gasteiger partial charge >= 0.3 is 0 Å². The summed E-state index contributed by atoms with van der Waals surface area (Å²) in [5.41, 5.74) is 6.67. The van der Waals surface area contributed by atoms with Crippen LogP contribution >= 0.6 is 22.9 Å². The van der Waals surface area contributed by atoms with Crippen molar-refractivity contribution in [1.82, 2.24) is 4.98 Å². The molecule has 2 aromatic rings. The zero-order chi connectivity index (χ0) is 11.5. The minimum atomic E-state index is -0.422. The highest BCUT2D eigenvalue weighted by molar-refractivity contribution is 7.22. The molecule has 0 aliphatic rings. The Bertz CT molecular complexity index is 609. The molecule has 0 spiro atoms. The maximum Gasteiger partial charge on any atom is 0.229 e. The van der Waals surface area contributed by atoms with E-state index in [2.05, 4.69) is 16.8 Å². The molecular formula is C11H7ClN2OS. The minimum absolute atomic E-state index is 0.0709. The summed E-state index contributed by atoms with van der Waals surface area (Å²) >= 11 is 7.19. The Morgan fingerprint density at radius 3 is 3.12 bits per heavy atom. The van der Waals surface area contributed by atoms with Gasteiger partial charge in [0, 0.05) is 5.56 Å². The summed E-state index contributed by atoms with van der Waals surface area (Å²) in [6, 6.07) is 5.59. The molecule has 0 bridgehead atoms. The van der Waals surface area contributed by atoms with E-state index in [4.69, 9.17) is 17.3 Å². The lowest BCUT2D eigenvalue weighted by Crippen LogP contribution is -2.08. The number of aromatic nitrogens is 1. The van der Waals surface area contributed by atoms with Gasteiger partial charge in [-0.05, 0) is 18.2 Å². The first-order valence-corrected chi connectivity index (χ1v) is 5.68. The second-order valence-electron chi connectivity index (χ2n) is 3.09. The average Bonchev–Trinajstić information content (AvgIpc) is 2.56. The van der Waals surface area contributed by atoms with Gasteiger partial charge in [0.1, 0.15) is 0 Å². The van der Waals surface area contributed by atoms with Crippen molar-refractivity contribution in [2.24, 2.45) is 5.73 Å². The molecule has 1 aromatic carbocycles. The second-order valence-corrected chi connectivity index (χ2v) is 4.71. The maximum absolute atomic E-state index is 10.5. The van der Waals surface area contributed by atoms with Crippen LogP contribution in [0.1, 0.15) is 12.0 Å². The van der Waals surface area contributed by atoms with Gasteiger partial charge in [-0.2, -0.15) is 0 Å². The molecule has 16 heavy (non-hydrogen) atoms. The van der Waals surface area contributed by atoms with Crippen molar-refractivity contribution in [3.8, 4) is 11.8 Å². The molecule has 0 aliphatic carbocycles. The van der Waals surface area contributed by atoms with E-state index in [0.29, 0.717) is 4.47 Å². The summed E-state index contributed by atoms with van der Waals surface area (Å²) < 4.78 is 1.49. The van der Waals surface area contributed by atoms with Crippen molar-refractivity contribution in [2.45, 2.75) is 6.42 Å². The Kier molecular flexibility index (Phi) is 3.09. The van der Waals surface area contributed by atoms with Gasteiger partial charge in [-0.15, -0.1) is 11.3 Å². The van der Waals surface area contributed by atoms with Gasteiger partial charge in [0.2, 0.25) is 5.91 Å². The quantitative estimate of drug-likeness (QED) is 0.789. The van der Waals surface area contributed by atoms with Crippen molar-refractivity contribution in [3.05, 3.63) is 28.2 Å². The monoisotopic (exact) mass is 250 g/mol. The van der Waals surface area contributed by atoms with Crippen molar-refractivity contribution in [2.75, 3.05) is 0 Å². The number of hydrogen-bond acceptors (Lipinski definition) is 3. The molecule has 80 valence electrons.